The predicted molar refractivity (Wildman–Crippen MR) is 44.2 cm³/mol. The van der Waals surface area contributed by atoms with Gasteiger partial charge in [-0.25, -0.2) is 0 Å². The normalized spacial score (nSPS) is 0. The van der Waals surface area contributed by atoms with E-state index in [0.29, 0.717) is 0 Å². The van der Waals surface area contributed by atoms with Gasteiger partial charge in [-0.15, -0.1) is 24.0 Å². The maximum atomic E-state index is 0. The van der Waals surface area contributed by atoms with Crippen molar-refractivity contribution in [1.82, 2.24) is 0 Å². The van der Waals surface area contributed by atoms with E-state index < -0.39 is 0 Å². The van der Waals surface area contributed by atoms with Gasteiger partial charge in [0.2, 0.25) is 0 Å². The number of hydrogen-bond acceptors (Lipinski definition) is 0. The third kappa shape index (κ3) is 17.9. The maximum Gasteiger partial charge on any atom is 0 e. The van der Waals surface area contributed by atoms with Crippen LogP contribution in [0.5, 0.6) is 0 Å². The predicted octanol–water partition coefficient (Wildman–Crippen LogP) is 0.830. The summed E-state index contributed by atoms with van der Waals surface area (Å²) in [5.41, 5.74) is 0. The summed E-state index contributed by atoms with van der Waals surface area (Å²) >= 11 is 0. The van der Waals surface area contributed by atoms with Crippen LogP contribution >= 0.6 is 47.4 Å². The molecule has 0 saturated carbocycles. The Hall–Kier alpha value is 4.15. The largest absolute Gasteiger partial charge is 0 e. The number of hydrogen-bond donors (Lipinski definition) is 0. The van der Waals surface area contributed by atoms with Gasteiger partial charge in [0, 0.05) is 23.4 Å². The van der Waals surface area contributed by atoms with Gasteiger partial charge in [-0.05, 0) is 0 Å². The van der Waals surface area contributed by atoms with Crippen molar-refractivity contribution < 1.29 is 0 Å². The summed E-state index contributed by atoms with van der Waals surface area (Å²) in [6, 6.07) is 0. The van der Waals surface area contributed by atoms with E-state index in [1.807, 2.05) is 0 Å². The molecular formula is H3IKNaPS. The summed E-state index contributed by atoms with van der Waals surface area (Å²) in [4.78, 5) is 0. The number of halogens is 1. The van der Waals surface area contributed by atoms with Gasteiger partial charge in [-0.2, -0.15) is 0 Å². The average Bonchev–Trinajstić information content (AvgIpc) is 0. The molecule has 23 valence electrons. The Labute approximate surface area is 125 Å². The van der Waals surface area contributed by atoms with Crippen LogP contribution in [-0.4, -0.2) is 80.9 Å². The smallest absolute Gasteiger partial charge is 0 e. The summed E-state index contributed by atoms with van der Waals surface area (Å²) in [5, 5.41) is 0. The van der Waals surface area contributed by atoms with E-state index >= 15 is 0 Å². The van der Waals surface area contributed by atoms with E-state index in [9.17, 15) is 0 Å². The molecule has 0 unspecified atom stereocenters. The molecule has 0 heterocycles. The van der Waals surface area contributed by atoms with Gasteiger partial charge in [0.15, 0.2) is 0 Å². The first-order chi connectivity index (χ1) is 0. The molecule has 0 fully saturated rings. The average molecular weight is 255 g/mol. The van der Waals surface area contributed by atoms with E-state index in [-0.39, 0.29) is 128 Å². The molecule has 0 aliphatic carbocycles. The molecule has 0 saturated heterocycles. The third-order valence-electron chi connectivity index (χ3n) is 0. The fraction of sp³-hybridized carbons (Fsp3) is 0. The van der Waals surface area contributed by atoms with Gasteiger partial charge in [-0.1, -0.05) is 0 Å². The molecule has 0 N–H and O–H groups in total. The Bertz CT molecular complexity index is 11.6. The van der Waals surface area contributed by atoms with Gasteiger partial charge >= 0.3 is 80.9 Å². The molecule has 0 aromatic heterocycles. The Balaban J connectivity index is 0. The van der Waals surface area contributed by atoms with Crippen molar-refractivity contribution in [3.63, 3.8) is 0 Å². The molecule has 0 bridgehead atoms. The molecule has 5 heavy (non-hydrogen) atoms. The Morgan fingerprint density at radius 1 is 1.00 bits per heavy atom. The molecule has 0 amide bonds. The monoisotopic (exact) mass is 255 g/mol. The number of rotatable bonds is 0. The second-order valence-electron chi connectivity index (χ2n) is 0. The molecule has 0 aromatic rings. The minimum absolute atomic E-state index is 0. The molecule has 5 heteroatoms. The van der Waals surface area contributed by atoms with E-state index in [0.717, 1.165) is 0 Å². The molecule has 0 nitrogen and oxygen atoms in total. The Morgan fingerprint density at radius 2 is 1.00 bits per heavy atom. The quantitative estimate of drug-likeness (QED) is 0.341. The van der Waals surface area contributed by atoms with Crippen LogP contribution in [0.15, 0.2) is 0 Å². The summed E-state index contributed by atoms with van der Waals surface area (Å²) < 4.78 is 0. The van der Waals surface area contributed by atoms with Crippen molar-refractivity contribution in [3.05, 3.63) is 0 Å². The van der Waals surface area contributed by atoms with Gasteiger partial charge in [0.25, 0.3) is 0 Å². The van der Waals surface area contributed by atoms with Gasteiger partial charge < -0.3 is 0 Å². The zero-order chi connectivity index (χ0) is 0. The van der Waals surface area contributed by atoms with Crippen molar-refractivity contribution in [1.29, 1.82) is 0 Å². The standard InChI is InChI=1S/HI.K.Na.P.S.2H/h1H;;;;;;. The molecule has 0 rings (SSSR count). The van der Waals surface area contributed by atoms with E-state index in [4.69, 9.17) is 0 Å². The molecule has 5 radical (unpaired) electrons. The molecule has 0 spiro atoms. The first-order valence-corrected chi connectivity index (χ1v) is 0. The van der Waals surface area contributed by atoms with Crippen LogP contribution in [0.2, 0.25) is 0 Å². The molecule has 0 aliphatic rings. The first kappa shape index (κ1) is 35.3. The first-order valence-electron chi connectivity index (χ1n) is 0. The minimum Gasteiger partial charge on any atom is 0 e. The van der Waals surface area contributed by atoms with E-state index in [1.54, 1.807) is 0 Å². The van der Waals surface area contributed by atoms with Gasteiger partial charge in [0.1, 0.15) is 0 Å². The van der Waals surface area contributed by atoms with Crippen molar-refractivity contribution in [2.75, 3.05) is 0 Å². The van der Waals surface area contributed by atoms with Crippen molar-refractivity contribution in [2.45, 2.75) is 0 Å². The maximum absolute atomic E-state index is 0. The van der Waals surface area contributed by atoms with Crippen molar-refractivity contribution in [3.8, 4) is 0 Å². The summed E-state index contributed by atoms with van der Waals surface area (Å²) in [5.74, 6) is 0. The Kier molecular flexibility index (Phi) is 171. The van der Waals surface area contributed by atoms with Crippen LogP contribution < -0.4 is 0 Å². The van der Waals surface area contributed by atoms with Crippen molar-refractivity contribution in [2.24, 2.45) is 0 Å². The zero-order valence-corrected chi connectivity index (χ0v) is 5.30. The summed E-state index contributed by atoms with van der Waals surface area (Å²) in [6.45, 7) is 0. The van der Waals surface area contributed by atoms with Crippen LogP contribution in [0.3, 0.4) is 0 Å². The van der Waals surface area contributed by atoms with Gasteiger partial charge in [0.05, 0.1) is 0 Å². The van der Waals surface area contributed by atoms with Crippen molar-refractivity contribution >= 4 is 128 Å². The van der Waals surface area contributed by atoms with E-state index in [1.165, 1.54) is 0 Å². The van der Waals surface area contributed by atoms with Crippen LogP contribution in [0.25, 0.3) is 0 Å². The third-order valence-corrected chi connectivity index (χ3v) is 0. The molecular weight excluding hydrogens is 252 g/mol. The molecule has 0 aliphatic heterocycles. The molecule has 0 aromatic carbocycles. The van der Waals surface area contributed by atoms with E-state index in [2.05, 4.69) is 0 Å². The topological polar surface area (TPSA) is 0 Å². The fourth-order valence-electron chi connectivity index (χ4n) is 0. The van der Waals surface area contributed by atoms with Gasteiger partial charge in [-0.3, -0.25) is 0 Å². The fourth-order valence-corrected chi connectivity index (χ4v) is 0. The second kappa shape index (κ2) is 24.2. The minimum atomic E-state index is 0. The Morgan fingerprint density at radius 3 is 1.00 bits per heavy atom. The van der Waals surface area contributed by atoms with Crippen LogP contribution in [0, 0.1) is 0 Å². The zero-order valence-electron chi connectivity index (χ0n) is 1.26. The molecule has 0 atom stereocenters. The summed E-state index contributed by atoms with van der Waals surface area (Å²) in [6.07, 6.45) is 0. The van der Waals surface area contributed by atoms with Crippen LogP contribution in [0.4, 0.5) is 0 Å². The second-order valence-corrected chi connectivity index (χ2v) is 0. The summed E-state index contributed by atoms with van der Waals surface area (Å²) in [7, 11) is 0. The van der Waals surface area contributed by atoms with Crippen LogP contribution in [-0.2, 0) is 0 Å². The SMILES string of the molecule is I.[KH].[NaH].[P].[S]. The van der Waals surface area contributed by atoms with Crippen LogP contribution in [0.1, 0.15) is 0 Å².